The van der Waals surface area contributed by atoms with E-state index in [1.165, 1.54) is 49.4 Å². The van der Waals surface area contributed by atoms with Crippen LogP contribution >= 0.6 is 11.6 Å². The second-order valence-electron chi connectivity index (χ2n) is 9.39. The van der Waals surface area contributed by atoms with Gasteiger partial charge in [-0.1, -0.05) is 11.6 Å². The van der Waals surface area contributed by atoms with Crippen LogP contribution in [0.5, 0.6) is 0 Å². The molecule has 0 aliphatic carbocycles. The summed E-state index contributed by atoms with van der Waals surface area (Å²) in [6, 6.07) is 10.7. The number of carbonyl (C=O) groups excluding carboxylic acids is 2. The number of nitrogens with one attached hydrogen (secondary N) is 1. The number of carbonyl (C=O) groups is 2. The second-order valence-corrected chi connectivity index (χ2v) is 9.83. The lowest BCUT2D eigenvalue weighted by Crippen LogP contribution is -2.32. The first-order chi connectivity index (χ1) is 17.6. The van der Waals surface area contributed by atoms with Gasteiger partial charge in [0.1, 0.15) is 11.6 Å². The molecule has 1 unspecified atom stereocenters. The van der Waals surface area contributed by atoms with Crippen molar-refractivity contribution in [2.45, 2.75) is 45.5 Å². The lowest BCUT2D eigenvalue weighted by Gasteiger charge is -2.20. The number of amides is 1. The third kappa shape index (κ3) is 6.61. The van der Waals surface area contributed by atoms with Gasteiger partial charge in [-0.2, -0.15) is 18.4 Å². The van der Waals surface area contributed by atoms with Gasteiger partial charge in [0.2, 0.25) is 5.91 Å². The Balaban J connectivity index is 1.93. The minimum atomic E-state index is -4.91. The van der Waals surface area contributed by atoms with E-state index in [2.05, 4.69) is 5.32 Å². The molecule has 0 saturated heterocycles. The van der Waals surface area contributed by atoms with Gasteiger partial charge >= 0.3 is 12.1 Å². The number of hydrogen-bond acceptors (Lipinski definition) is 5. The maximum atomic E-state index is 14.0. The normalized spacial score (nSPS) is 12.4. The summed E-state index contributed by atoms with van der Waals surface area (Å²) in [5.74, 6) is -1.33. The minimum absolute atomic E-state index is 0.0849. The summed E-state index contributed by atoms with van der Waals surface area (Å²) in [5, 5.41) is 12.0. The average molecular weight is 546 g/mol. The molecule has 0 saturated carbocycles. The van der Waals surface area contributed by atoms with Crippen LogP contribution in [0.15, 0.2) is 59.5 Å². The average Bonchev–Trinajstić information content (AvgIpc) is 2.82. The molecule has 1 atom stereocenters. The summed E-state index contributed by atoms with van der Waals surface area (Å²) in [6.45, 7) is 6.43. The monoisotopic (exact) mass is 545 g/mol. The molecule has 3 aromatic rings. The molecule has 0 spiro atoms. The fourth-order valence-electron chi connectivity index (χ4n) is 3.54. The summed E-state index contributed by atoms with van der Waals surface area (Å²) >= 11 is 5.93. The molecule has 0 aliphatic heterocycles. The number of pyridine rings is 1. The number of rotatable bonds is 5. The molecule has 0 aliphatic rings. The minimum Gasteiger partial charge on any atom is -0.456 e. The maximum absolute atomic E-state index is 14.0. The Bertz CT molecular complexity index is 1480. The van der Waals surface area contributed by atoms with Gasteiger partial charge in [-0.25, -0.2) is 4.79 Å². The number of aromatic nitrogens is 1. The van der Waals surface area contributed by atoms with Crippen molar-refractivity contribution >= 4 is 29.2 Å². The molecule has 1 heterocycles. The van der Waals surface area contributed by atoms with Crippen molar-refractivity contribution < 1.29 is 27.5 Å². The molecular formula is C27H23ClF3N3O4. The van der Waals surface area contributed by atoms with Gasteiger partial charge in [-0.3, -0.25) is 9.59 Å². The van der Waals surface area contributed by atoms with E-state index in [0.29, 0.717) is 10.8 Å². The van der Waals surface area contributed by atoms with Crippen molar-refractivity contribution in [3.8, 4) is 17.2 Å². The Labute approximate surface area is 221 Å². The number of alkyl halides is 3. The van der Waals surface area contributed by atoms with Crippen LogP contribution in [0.3, 0.4) is 0 Å². The first-order valence-electron chi connectivity index (χ1n) is 11.3. The molecule has 1 aromatic heterocycles. The lowest BCUT2D eigenvalue weighted by molar-refractivity contribution is -0.137. The molecule has 0 radical (unpaired) electrons. The van der Waals surface area contributed by atoms with E-state index in [1.54, 1.807) is 26.8 Å². The van der Waals surface area contributed by atoms with Crippen LogP contribution in [0, 0.1) is 11.3 Å². The van der Waals surface area contributed by atoms with Crippen LogP contribution in [0.4, 0.5) is 18.9 Å². The van der Waals surface area contributed by atoms with Gasteiger partial charge in [0.05, 0.1) is 22.8 Å². The van der Waals surface area contributed by atoms with Gasteiger partial charge < -0.3 is 14.6 Å². The zero-order chi connectivity index (χ0) is 28.4. The van der Waals surface area contributed by atoms with E-state index in [1.807, 2.05) is 0 Å². The van der Waals surface area contributed by atoms with Gasteiger partial charge in [-0.15, -0.1) is 0 Å². The zero-order valence-electron chi connectivity index (χ0n) is 20.8. The quantitative estimate of drug-likeness (QED) is 0.384. The fraction of sp³-hybridized carbons (Fsp3) is 0.259. The summed E-state index contributed by atoms with van der Waals surface area (Å²) in [7, 11) is 0. The van der Waals surface area contributed by atoms with Gasteiger partial charge in [0, 0.05) is 34.1 Å². The van der Waals surface area contributed by atoms with Crippen molar-refractivity contribution in [2.24, 2.45) is 0 Å². The van der Waals surface area contributed by atoms with E-state index in [-0.39, 0.29) is 27.4 Å². The Morgan fingerprint density at radius 1 is 1.05 bits per heavy atom. The Kier molecular flexibility index (Phi) is 8.03. The molecular weight excluding hydrogens is 523 g/mol. The summed E-state index contributed by atoms with van der Waals surface area (Å²) in [6.07, 6.45) is -4.36. The Morgan fingerprint density at radius 2 is 1.68 bits per heavy atom. The fourth-order valence-corrected chi connectivity index (χ4v) is 3.71. The number of nitrogens with zero attached hydrogens (tertiary/aromatic N) is 2. The smallest absolute Gasteiger partial charge is 0.418 e. The predicted molar refractivity (Wildman–Crippen MR) is 136 cm³/mol. The highest BCUT2D eigenvalue weighted by Crippen LogP contribution is 2.38. The van der Waals surface area contributed by atoms with E-state index in [0.717, 1.165) is 6.07 Å². The zero-order valence-corrected chi connectivity index (χ0v) is 21.6. The molecule has 1 N–H and O–H groups in total. The topological polar surface area (TPSA) is 101 Å². The maximum Gasteiger partial charge on any atom is 0.418 e. The SMILES string of the molecule is CC(C(=O)Nc1ccc(C(=O)OC(C)(C)C)cc1)n1cc(C(F)(F)F)c(-c2cc(Cl)ccc2C#N)cc1=O. The standard InChI is InChI=1S/C27H23ClF3N3O4/c1-15(24(36)33-19-9-6-16(7-10-19)25(37)38-26(2,3)4)34-14-22(27(29,30)31)21(12-23(34)35)20-11-18(28)8-5-17(20)13-32/h5-12,14-15H,1-4H3,(H,33,36). The number of ether oxygens (including phenoxy) is 1. The van der Waals surface area contributed by atoms with Crippen LogP contribution in [0.25, 0.3) is 11.1 Å². The van der Waals surface area contributed by atoms with Crippen molar-refractivity contribution in [3.63, 3.8) is 0 Å². The number of halogens is 4. The van der Waals surface area contributed by atoms with E-state index in [4.69, 9.17) is 16.3 Å². The number of benzene rings is 2. The summed E-state index contributed by atoms with van der Waals surface area (Å²) in [4.78, 5) is 37.8. The molecule has 1 amide bonds. The van der Waals surface area contributed by atoms with Crippen LogP contribution in [-0.2, 0) is 15.7 Å². The van der Waals surface area contributed by atoms with Crippen molar-refractivity contribution in [3.05, 3.63) is 86.8 Å². The molecule has 198 valence electrons. The van der Waals surface area contributed by atoms with Crippen LogP contribution in [-0.4, -0.2) is 22.0 Å². The molecule has 11 heteroatoms. The van der Waals surface area contributed by atoms with Crippen molar-refractivity contribution in [1.29, 1.82) is 5.26 Å². The molecule has 0 fully saturated rings. The second kappa shape index (κ2) is 10.7. The van der Waals surface area contributed by atoms with Crippen LogP contribution < -0.4 is 10.9 Å². The molecule has 7 nitrogen and oxygen atoms in total. The third-order valence-electron chi connectivity index (χ3n) is 5.36. The number of hydrogen-bond donors (Lipinski definition) is 1. The highest BCUT2D eigenvalue weighted by atomic mass is 35.5. The van der Waals surface area contributed by atoms with Gasteiger partial charge in [0.25, 0.3) is 5.56 Å². The van der Waals surface area contributed by atoms with E-state index >= 15 is 0 Å². The van der Waals surface area contributed by atoms with E-state index < -0.39 is 46.4 Å². The summed E-state index contributed by atoms with van der Waals surface area (Å²) < 4.78 is 48.0. The van der Waals surface area contributed by atoms with Gasteiger partial charge in [0.15, 0.2) is 0 Å². The Morgan fingerprint density at radius 3 is 2.24 bits per heavy atom. The molecule has 3 rings (SSSR count). The highest BCUT2D eigenvalue weighted by Gasteiger charge is 2.36. The molecule has 0 bridgehead atoms. The van der Waals surface area contributed by atoms with Crippen molar-refractivity contribution in [2.75, 3.05) is 5.32 Å². The number of nitriles is 1. The first-order valence-corrected chi connectivity index (χ1v) is 11.7. The summed E-state index contributed by atoms with van der Waals surface area (Å²) in [5.41, 5.74) is -3.07. The predicted octanol–water partition coefficient (Wildman–Crippen LogP) is 6.21. The van der Waals surface area contributed by atoms with Crippen molar-refractivity contribution in [1.82, 2.24) is 4.57 Å². The third-order valence-corrected chi connectivity index (χ3v) is 5.60. The molecule has 38 heavy (non-hydrogen) atoms. The first kappa shape index (κ1) is 28.5. The molecule has 2 aromatic carbocycles. The number of anilines is 1. The van der Waals surface area contributed by atoms with Gasteiger partial charge in [-0.05, 0) is 70.2 Å². The number of esters is 1. The van der Waals surface area contributed by atoms with Crippen LogP contribution in [0.1, 0.15) is 55.2 Å². The van der Waals surface area contributed by atoms with Crippen LogP contribution in [0.2, 0.25) is 5.02 Å². The lowest BCUT2D eigenvalue weighted by atomic mass is 9.96. The Hall–Kier alpha value is -4.10. The van der Waals surface area contributed by atoms with E-state index in [9.17, 15) is 32.8 Å². The highest BCUT2D eigenvalue weighted by molar-refractivity contribution is 6.31. The largest absolute Gasteiger partial charge is 0.456 e.